The van der Waals surface area contributed by atoms with E-state index in [1.54, 1.807) is 39.2 Å². The molecule has 0 fully saturated rings. The average Bonchev–Trinajstić information content (AvgIpc) is 2.38. The van der Waals surface area contributed by atoms with Gasteiger partial charge < -0.3 is 10.1 Å². The second kappa shape index (κ2) is 5.96. The number of hydrogen-bond acceptors (Lipinski definition) is 3. The van der Waals surface area contributed by atoms with Gasteiger partial charge in [0.05, 0.1) is 12.3 Å². The van der Waals surface area contributed by atoms with Gasteiger partial charge in [-0.25, -0.2) is 4.99 Å². The summed E-state index contributed by atoms with van der Waals surface area (Å²) in [7, 11) is 1.59. The molecule has 2 rings (SSSR count). The zero-order chi connectivity index (χ0) is 14.7. The summed E-state index contributed by atoms with van der Waals surface area (Å²) < 4.78 is 5.11. The van der Waals surface area contributed by atoms with Gasteiger partial charge in [0.25, 0.3) is 0 Å². The minimum atomic E-state index is -0.176. The number of rotatable bonds is 3. The highest BCUT2D eigenvalue weighted by molar-refractivity contribution is 6.11. The predicted octanol–water partition coefficient (Wildman–Crippen LogP) is 1.38. The van der Waals surface area contributed by atoms with Crippen LogP contribution in [0.15, 0.2) is 40.6 Å². The summed E-state index contributed by atoms with van der Waals surface area (Å²) >= 11 is 0. The minimum absolute atomic E-state index is 0.0132. The van der Waals surface area contributed by atoms with E-state index < -0.39 is 0 Å². The lowest BCUT2D eigenvalue weighted by molar-refractivity contribution is -0.120. The van der Waals surface area contributed by atoms with E-state index in [0.29, 0.717) is 12.3 Å². The van der Waals surface area contributed by atoms with Crippen molar-refractivity contribution < 1.29 is 14.3 Å². The first-order valence-electron chi connectivity index (χ1n) is 6.54. The number of amides is 2. The van der Waals surface area contributed by atoms with Crippen LogP contribution < -0.4 is 5.32 Å². The molecule has 0 saturated heterocycles. The van der Waals surface area contributed by atoms with E-state index in [2.05, 4.69) is 10.3 Å². The van der Waals surface area contributed by atoms with Crippen LogP contribution in [-0.4, -0.2) is 31.2 Å². The molecule has 0 spiro atoms. The molecule has 0 aromatic heterocycles. The van der Waals surface area contributed by atoms with Gasteiger partial charge in [0.2, 0.25) is 11.8 Å². The normalized spacial score (nSPS) is 23.3. The third-order valence-electron chi connectivity index (χ3n) is 3.13. The molecule has 1 aliphatic heterocycles. The third kappa shape index (κ3) is 3.11. The Labute approximate surface area is 118 Å². The van der Waals surface area contributed by atoms with Gasteiger partial charge in [-0.05, 0) is 17.7 Å². The van der Waals surface area contributed by atoms with Crippen LogP contribution >= 0.6 is 0 Å². The second-order valence-corrected chi connectivity index (χ2v) is 5.11. The number of aliphatic imine (C=N–C) groups is 1. The van der Waals surface area contributed by atoms with Crippen molar-refractivity contribution in [2.45, 2.75) is 13.8 Å². The highest BCUT2D eigenvalue weighted by Crippen LogP contribution is 2.27. The number of carbonyl (C=O) groups excluding carboxylic acids is 2. The van der Waals surface area contributed by atoms with E-state index in [-0.39, 0.29) is 23.7 Å². The Bertz CT molecular complexity index is 553. The lowest BCUT2D eigenvalue weighted by Gasteiger charge is -2.27. The number of allylic oxidation sites excluding steroid dienone is 3. The molecule has 1 N–H and O–H groups in total. The SMILES string of the molecule is COCC1=CC(=O)NC2=CC(=NC(=O)C(C)C)C=CC12. The van der Waals surface area contributed by atoms with E-state index in [0.717, 1.165) is 11.3 Å². The minimum Gasteiger partial charge on any atom is -0.380 e. The highest BCUT2D eigenvalue weighted by Gasteiger charge is 2.26. The summed E-state index contributed by atoms with van der Waals surface area (Å²) in [5, 5.41) is 2.79. The summed E-state index contributed by atoms with van der Waals surface area (Å²) in [5.74, 6) is -0.503. The van der Waals surface area contributed by atoms with Crippen molar-refractivity contribution in [3.05, 3.63) is 35.6 Å². The van der Waals surface area contributed by atoms with E-state index in [1.807, 2.05) is 6.08 Å². The van der Waals surface area contributed by atoms with Gasteiger partial charge in [-0.1, -0.05) is 19.9 Å². The Kier molecular flexibility index (Phi) is 4.29. The highest BCUT2D eigenvalue weighted by atomic mass is 16.5. The van der Waals surface area contributed by atoms with Crippen molar-refractivity contribution in [3.63, 3.8) is 0 Å². The van der Waals surface area contributed by atoms with Crippen LogP contribution in [0.4, 0.5) is 0 Å². The number of nitrogens with one attached hydrogen (secondary N) is 1. The Morgan fingerprint density at radius 3 is 2.85 bits per heavy atom. The first-order chi connectivity index (χ1) is 9.51. The fourth-order valence-electron chi connectivity index (χ4n) is 2.09. The molecule has 1 aliphatic carbocycles. The van der Waals surface area contributed by atoms with Crippen molar-refractivity contribution in [2.75, 3.05) is 13.7 Å². The van der Waals surface area contributed by atoms with Gasteiger partial charge in [0, 0.05) is 30.7 Å². The molecule has 1 atom stereocenters. The molecule has 106 valence electrons. The molecule has 1 unspecified atom stereocenters. The maximum atomic E-state index is 11.6. The number of methoxy groups -OCH3 is 1. The molecule has 0 aromatic carbocycles. The van der Waals surface area contributed by atoms with Gasteiger partial charge in [0.1, 0.15) is 0 Å². The van der Waals surface area contributed by atoms with Crippen LogP contribution in [0, 0.1) is 11.8 Å². The zero-order valence-corrected chi connectivity index (χ0v) is 11.8. The molecule has 5 heteroatoms. The lowest BCUT2D eigenvalue weighted by Crippen LogP contribution is -2.34. The molecular weight excluding hydrogens is 256 g/mol. The van der Waals surface area contributed by atoms with Crippen molar-refractivity contribution in [3.8, 4) is 0 Å². The van der Waals surface area contributed by atoms with Gasteiger partial charge >= 0.3 is 0 Å². The molecule has 0 bridgehead atoms. The molecule has 0 radical (unpaired) electrons. The summed E-state index contributed by atoms with van der Waals surface area (Å²) in [6.45, 7) is 4.00. The van der Waals surface area contributed by atoms with Gasteiger partial charge in [0.15, 0.2) is 0 Å². The molecule has 0 saturated carbocycles. The number of hydrogen-bond donors (Lipinski definition) is 1. The Morgan fingerprint density at radius 2 is 2.20 bits per heavy atom. The van der Waals surface area contributed by atoms with Crippen LogP contribution in [0.2, 0.25) is 0 Å². The maximum Gasteiger partial charge on any atom is 0.248 e. The number of nitrogens with zero attached hydrogens (tertiary/aromatic N) is 1. The van der Waals surface area contributed by atoms with Gasteiger partial charge in [-0.15, -0.1) is 0 Å². The van der Waals surface area contributed by atoms with Gasteiger partial charge in [-0.3, -0.25) is 9.59 Å². The summed E-state index contributed by atoms with van der Waals surface area (Å²) in [6.07, 6.45) is 7.02. The molecule has 0 aromatic rings. The Morgan fingerprint density at radius 1 is 1.45 bits per heavy atom. The fraction of sp³-hybridized carbons (Fsp3) is 0.400. The molecule has 2 amide bonds. The van der Waals surface area contributed by atoms with Crippen LogP contribution in [0.1, 0.15) is 13.8 Å². The van der Waals surface area contributed by atoms with Crippen LogP contribution in [0.3, 0.4) is 0 Å². The molecule has 1 heterocycles. The quantitative estimate of drug-likeness (QED) is 0.845. The molecule has 5 nitrogen and oxygen atoms in total. The number of fused-ring (bicyclic) bond motifs is 1. The largest absolute Gasteiger partial charge is 0.380 e. The zero-order valence-electron chi connectivity index (χ0n) is 11.8. The first kappa shape index (κ1) is 14.4. The fourth-order valence-corrected chi connectivity index (χ4v) is 2.09. The van der Waals surface area contributed by atoms with Crippen molar-refractivity contribution in [1.29, 1.82) is 0 Å². The van der Waals surface area contributed by atoms with E-state index in [9.17, 15) is 9.59 Å². The van der Waals surface area contributed by atoms with Crippen molar-refractivity contribution >= 4 is 17.5 Å². The topological polar surface area (TPSA) is 67.8 Å². The molecule has 20 heavy (non-hydrogen) atoms. The van der Waals surface area contributed by atoms with E-state index in [1.165, 1.54) is 0 Å². The number of carbonyl (C=O) groups is 2. The maximum absolute atomic E-state index is 11.6. The predicted molar refractivity (Wildman–Crippen MR) is 76.1 cm³/mol. The van der Waals surface area contributed by atoms with E-state index in [4.69, 9.17) is 4.74 Å². The third-order valence-corrected chi connectivity index (χ3v) is 3.13. The standard InChI is InChI=1S/C15H18N2O3/c1-9(2)15(19)16-11-4-5-12-10(8-20-3)6-14(18)17-13(12)7-11/h4-7,9,12H,8H2,1-3H3,(H,17,18). The molecule has 2 aliphatic rings. The van der Waals surface area contributed by atoms with Crippen LogP contribution in [-0.2, 0) is 14.3 Å². The summed E-state index contributed by atoms with van der Waals surface area (Å²) in [6, 6.07) is 0. The van der Waals surface area contributed by atoms with E-state index >= 15 is 0 Å². The van der Waals surface area contributed by atoms with Crippen molar-refractivity contribution in [2.24, 2.45) is 16.8 Å². The van der Waals surface area contributed by atoms with Crippen LogP contribution in [0.5, 0.6) is 0 Å². The first-order valence-corrected chi connectivity index (χ1v) is 6.54. The second-order valence-electron chi connectivity index (χ2n) is 5.11. The average molecular weight is 274 g/mol. The van der Waals surface area contributed by atoms with Crippen molar-refractivity contribution in [1.82, 2.24) is 5.32 Å². The van der Waals surface area contributed by atoms with Crippen LogP contribution in [0.25, 0.3) is 0 Å². The Hall–Kier alpha value is -2.01. The Balaban J connectivity index is 2.26. The monoisotopic (exact) mass is 274 g/mol. The summed E-state index contributed by atoms with van der Waals surface area (Å²) in [5.41, 5.74) is 2.20. The lowest BCUT2D eigenvalue weighted by atomic mass is 9.88. The van der Waals surface area contributed by atoms with Gasteiger partial charge in [-0.2, -0.15) is 0 Å². The molecular formula is C15H18N2O3. The number of ether oxygens (including phenoxy) is 1. The summed E-state index contributed by atoms with van der Waals surface area (Å²) in [4.78, 5) is 27.3. The smallest absolute Gasteiger partial charge is 0.248 e.